The second-order valence-electron chi connectivity index (χ2n) is 8.18. The highest BCUT2D eigenvalue weighted by molar-refractivity contribution is 6.42. The number of imide groups is 2. The van der Waals surface area contributed by atoms with Crippen LogP contribution in [0, 0.1) is 5.82 Å². The van der Waals surface area contributed by atoms with E-state index in [9.17, 15) is 31.9 Å². The van der Waals surface area contributed by atoms with Crippen LogP contribution in [0.4, 0.5) is 28.0 Å². The van der Waals surface area contributed by atoms with E-state index in [2.05, 4.69) is 0 Å². The van der Waals surface area contributed by atoms with Gasteiger partial charge in [0.15, 0.2) is 11.5 Å². The van der Waals surface area contributed by atoms with Gasteiger partial charge in [-0.3, -0.25) is 14.9 Å². The number of hydrogen-bond donors (Lipinski definition) is 1. The standard InChI is InChI=1S/C27H19ClF4N2O5/c1-2-38-23-12-15(6-9-22(23)39-14-16-4-3-5-18(29)10-16)11-19-24(35)33-26(37)34(25(19)36)21-13-17(27(30,31)32)7-8-20(21)28/h3-13H,2,14H2,1H3,(H,33,35,37)/b19-11-. The van der Waals surface area contributed by atoms with Crippen molar-refractivity contribution in [2.75, 3.05) is 11.5 Å². The van der Waals surface area contributed by atoms with E-state index in [1.165, 1.54) is 30.3 Å². The fraction of sp³-hybridized carbons (Fsp3) is 0.148. The molecular formula is C27H19ClF4N2O5. The summed E-state index contributed by atoms with van der Waals surface area (Å²) in [6, 6.07) is 11.2. The second-order valence-corrected chi connectivity index (χ2v) is 8.59. The number of nitrogens with one attached hydrogen (secondary N) is 1. The first-order valence-corrected chi connectivity index (χ1v) is 11.8. The number of carbonyl (C=O) groups is 3. The highest BCUT2D eigenvalue weighted by Crippen LogP contribution is 2.37. The van der Waals surface area contributed by atoms with Crippen LogP contribution in [-0.4, -0.2) is 24.5 Å². The molecule has 7 nitrogen and oxygen atoms in total. The second kappa shape index (κ2) is 11.2. The number of ether oxygens (including phenoxy) is 2. The van der Waals surface area contributed by atoms with Crippen molar-refractivity contribution in [1.82, 2.24) is 5.32 Å². The Morgan fingerprint density at radius 1 is 0.974 bits per heavy atom. The van der Waals surface area contributed by atoms with Crippen molar-refractivity contribution in [3.8, 4) is 11.5 Å². The molecule has 0 atom stereocenters. The topological polar surface area (TPSA) is 84.9 Å². The molecule has 4 rings (SSSR count). The van der Waals surface area contributed by atoms with Crippen LogP contribution in [0.25, 0.3) is 6.08 Å². The molecule has 0 radical (unpaired) electrons. The van der Waals surface area contributed by atoms with Crippen LogP contribution in [0.15, 0.2) is 66.2 Å². The van der Waals surface area contributed by atoms with Gasteiger partial charge in [-0.15, -0.1) is 0 Å². The van der Waals surface area contributed by atoms with Gasteiger partial charge >= 0.3 is 12.2 Å². The Hall–Kier alpha value is -4.38. The van der Waals surface area contributed by atoms with E-state index in [4.69, 9.17) is 21.1 Å². The van der Waals surface area contributed by atoms with Crippen molar-refractivity contribution in [2.24, 2.45) is 0 Å². The highest BCUT2D eigenvalue weighted by Gasteiger charge is 2.39. The van der Waals surface area contributed by atoms with E-state index >= 15 is 0 Å². The Labute approximate surface area is 224 Å². The number of anilines is 1. The van der Waals surface area contributed by atoms with Crippen molar-refractivity contribution in [2.45, 2.75) is 19.7 Å². The van der Waals surface area contributed by atoms with E-state index in [1.54, 1.807) is 19.1 Å². The third-order valence-electron chi connectivity index (χ3n) is 5.48. The molecule has 39 heavy (non-hydrogen) atoms. The van der Waals surface area contributed by atoms with Crippen LogP contribution in [-0.2, 0) is 22.4 Å². The van der Waals surface area contributed by atoms with Gasteiger partial charge in [0.2, 0.25) is 0 Å². The zero-order valence-electron chi connectivity index (χ0n) is 20.1. The number of halogens is 5. The van der Waals surface area contributed by atoms with Gasteiger partial charge in [-0.1, -0.05) is 29.8 Å². The van der Waals surface area contributed by atoms with Crippen LogP contribution < -0.4 is 19.7 Å². The van der Waals surface area contributed by atoms with Gasteiger partial charge < -0.3 is 9.47 Å². The number of alkyl halides is 3. The molecule has 1 saturated heterocycles. The number of amides is 4. The number of nitrogens with zero attached hydrogens (tertiary/aromatic N) is 1. The average Bonchev–Trinajstić information content (AvgIpc) is 2.86. The first-order valence-electron chi connectivity index (χ1n) is 11.4. The smallest absolute Gasteiger partial charge is 0.416 e. The maximum atomic E-state index is 13.5. The summed E-state index contributed by atoms with van der Waals surface area (Å²) in [5.74, 6) is -2.09. The Morgan fingerprint density at radius 3 is 2.44 bits per heavy atom. The minimum atomic E-state index is -4.77. The van der Waals surface area contributed by atoms with Crippen molar-refractivity contribution in [3.05, 3.63) is 93.8 Å². The van der Waals surface area contributed by atoms with Gasteiger partial charge in [-0.05, 0) is 66.6 Å². The number of carbonyl (C=O) groups excluding carboxylic acids is 3. The normalized spacial score (nSPS) is 15.0. The molecule has 0 unspecified atom stereocenters. The summed E-state index contributed by atoms with van der Waals surface area (Å²) in [7, 11) is 0. The largest absolute Gasteiger partial charge is 0.490 e. The molecule has 3 aromatic carbocycles. The molecule has 1 aliphatic rings. The molecule has 202 valence electrons. The summed E-state index contributed by atoms with van der Waals surface area (Å²) in [6.45, 7) is 2.00. The quantitative estimate of drug-likeness (QED) is 0.212. The predicted molar refractivity (Wildman–Crippen MR) is 134 cm³/mol. The van der Waals surface area contributed by atoms with Crippen molar-refractivity contribution >= 4 is 41.2 Å². The lowest BCUT2D eigenvalue weighted by molar-refractivity contribution is -0.137. The van der Waals surface area contributed by atoms with E-state index in [0.717, 1.165) is 12.1 Å². The van der Waals surface area contributed by atoms with Crippen molar-refractivity contribution in [1.29, 1.82) is 0 Å². The highest BCUT2D eigenvalue weighted by atomic mass is 35.5. The summed E-state index contributed by atoms with van der Waals surface area (Å²) in [4.78, 5) is 38.5. The molecule has 4 amide bonds. The maximum absolute atomic E-state index is 13.5. The lowest BCUT2D eigenvalue weighted by Gasteiger charge is -2.27. The average molecular weight is 563 g/mol. The zero-order chi connectivity index (χ0) is 28.3. The van der Waals surface area contributed by atoms with E-state index in [0.29, 0.717) is 33.9 Å². The Bertz CT molecular complexity index is 1490. The molecule has 0 aromatic heterocycles. The predicted octanol–water partition coefficient (Wildman–Crippen LogP) is 6.14. The summed E-state index contributed by atoms with van der Waals surface area (Å²) in [5.41, 5.74) is -1.34. The van der Waals surface area contributed by atoms with Gasteiger partial charge in [0.1, 0.15) is 18.0 Å². The van der Waals surface area contributed by atoms with Gasteiger partial charge in [0.05, 0.1) is 22.9 Å². The molecule has 1 aliphatic heterocycles. The van der Waals surface area contributed by atoms with Crippen molar-refractivity contribution in [3.63, 3.8) is 0 Å². The first kappa shape index (κ1) is 27.6. The number of rotatable bonds is 7. The molecule has 12 heteroatoms. The molecule has 0 aliphatic carbocycles. The molecule has 0 spiro atoms. The number of barbiturate groups is 1. The lowest BCUT2D eigenvalue weighted by Crippen LogP contribution is -2.54. The van der Waals surface area contributed by atoms with Gasteiger partial charge in [0.25, 0.3) is 11.8 Å². The first-order chi connectivity index (χ1) is 18.5. The number of hydrogen-bond acceptors (Lipinski definition) is 5. The summed E-state index contributed by atoms with van der Waals surface area (Å²) in [5, 5.41) is 1.63. The fourth-order valence-electron chi connectivity index (χ4n) is 3.69. The van der Waals surface area contributed by atoms with Gasteiger partial charge in [-0.25, -0.2) is 14.1 Å². The maximum Gasteiger partial charge on any atom is 0.416 e. The Morgan fingerprint density at radius 2 is 1.74 bits per heavy atom. The number of benzene rings is 3. The minimum Gasteiger partial charge on any atom is -0.490 e. The van der Waals surface area contributed by atoms with Crippen LogP contribution in [0.5, 0.6) is 11.5 Å². The molecule has 0 bridgehead atoms. The van der Waals surface area contributed by atoms with E-state index in [-0.39, 0.29) is 24.0 Å². The summed E-state index contributed by atoms with van der Waals surface area (Å²) >= 11 is 6.01. The Balaban J connectivity index is 1.65. The fourth-order valence-corrected chi connectivity index (χ4v) is 3.90. The SMILES string of the molecule is CCOc1cc(/C=C2/C(=O)NC(=O)N(c3cc(C(F)(F)F)ccc3Cl)C2=O)ccc1OCc1cccc(F)c1. The zero-order valence-corrected chi connectivity index (χ0v) is 20.9. The van der Waals surface area contributed by atoms with Gasteiger partial charge in [-0.2, -0.15) is 13.2 Å². The monoisotopic (exact) mass is 562 g/mol. The third-order valence-corrected chi connectivity index (χ3v) is 5.80. The summed E-state index contributed by atoms with van der Waals surface area (Å²) in [6.07, 6.45) is -3.62. The van der Waals surface area contributed by atoms with Gasteiger partial charge in [0, 0.05) is 0 Å². The number of urea groups is 1. The lowest BCUT2D eigenvalue weighted by atomic mass is 10.1. The summed E-state index contributed by atoms with van der Waals surface area (Å²) < 4.78 is 64.5. The molecule has 3 aromatic rings. The van der Waals surface area contributed by atoms with Crippen LogP contribution in [0.3, 0.4) is 0 Å². The molecule has 1 N–H and O–H groups in total. The molecule has 1 fully saturated rings. The Kier molecular flexibility index (Phi) is 7.91. The van der Waals surface area contributed by atoms with E-state index < -0.39 is 46.7 Å². The van der Waals surface area contributed by atoms with E-state index in [1.807, 2.05) is 5.32 Å². The minimum absolute atomic E-state index is 0.0357. The molecule has 1 heterocycles. The van der Waals surface area contributed by atoms with Crippen LogP contribution in [0.1, 0.15) is 23.6 Å². The van der Waals surface area contributed by atoms with Crippen LogP contribution in [0.2, 0.25) is 5.02 Å². The molecular weight excluding hydrogens is 544 g/mol. The molecule has 0 saturated carbocycles. The third kappa shape index (κ3) is 6.20. The van der Waals surface area contributed by atoms with Crippen molar-refractivity contribution < 1.29 is 41.4 Å². The van der Waals surface area contributed by atoms with Crippen LogP contribution >= 0.6 is 11.6 Å².